The highest BCUT2D eigenvalue weighted by Crippen LogP contribution is 2.32. The molecule has 146 valence electrons. The van der Waals surface area contributed by atoms with Gasteiger partial charge in [0.15, 0.2) is 15.0 Å². The molecule has 0 bridgehead atoms. The summed E-state index contributed by atoms with van der Waals surface area (Å²) in [4.78, 5) is 7.35. The number of nitrogens with zero attached hydrogens (tertiary/aromatic N) is 2. The molecule has 7 heteroatoms. The Bertz CT molecular complexity index is 1070. The highest BCUT2D eigenvalue weighted by atomic mass is 35.5. The van der Waals surface area contributed by atoms with Crippen LogP contribution in [0.4, 0.5) is 5.13 Å². The number of sulfone groups is 1. The van der Waals surface area contributed by atoms with Crippen LogP contribution >= 0.6 is 22.9 Å². The number of rotatable bonds is 4. The van der Waals surface area contributed by atoms with Gasteiger partial charge < -0.3 is 4.90 Å². The minimum absolute atomic E-state index is 0.353. The monoisotopic (exact) mass is 432 g/mol. The Hall–Kier alpha value is -1.89. The quantitative estimate of drug-likeness (QED) is 0.567. The van der Waals surface area contributed by atoms with E-state index in [2.05, 4.69) is 29.3 Å². The van der Waals surface area contributed by atoms with Crippen molar-refractivity contribution < 1.29 is 8.42 Å². The first-order valence-corrected chi connectivity index (χ1v) is 12.0. The van der Waals surface area contributed by atoms with E-state index in [0.717, 1.165) is 16.4 Å². The molecular formula is C21H21ClN2O2S2. The molecule has 1 saturated heterocycles. The van der Waals surface area contributed by atoms with Crippen LogP contribution in [0.3, 0.4) is 0 Å². The van der Waals surface area contributed by atoms with Crippen LogP contribution in [0.15, 0.2) is 58.8 Å². The van der Waals surface area contributed by atoms with E-state index in [9.17, 15) is 8.42 Å². The van der Waals surface area contributed by atoms with Crippen molar-refractivity contribution in [3.8, 4) is 11.3 Å². The van der Waals surface area contributed by atoms with E-state index < -0.39 is 9.84 Å². The van der Waals surface area contributed by atoms with Crippen molar-refractivity contribution in [1.82, 2.24) is 4.98 Å². The van der Waals surface area contributed by atoms with Crippen molar-refractivity contribution in [3.63, 3.8) is 0 Å². The zero-order chi connectivity index (χ0) is 19.7. The van der Waals surface area contributed by atoms with Crippen molar-refractivity contribution in [2.24, 2.45) is 0 Å². The maximum atomic E-state index is 12.9. The van der Waals surface area contributed by atoms with E-state index in [1.807, 2.05) is 12.1 Å². The van der Waals surface area contributed by atoms with E-state index in [1.54, 1.807) is 35.6 Å². The number of thiazole rings is 1. The fraction of sp³-hybridized carbons (Fsp3) is 0.286. The molecule has 0 amide bonds. The van der Waals surface area contributed by atoms with Gasteiger partial charge in [-0.2, -0.15) is 0 Å². The molecule has 1 aromatic heterocycles. The Balaban J connectivity index is 1.46. The smallest absolute Gasteiger partial charge is 0.185 e. The van der Waals surface area contributed by atoms with Gasteiger partial charge in [-0.3, -0.25) is 0 Å². The highest BCUT2D eigenvalue weighted by molar-refractivity contribution is 7.92. The summed E-state index contributed by atoms with van der Waals surface area (Å²) in [5, 5.41) is 3.22. The van der Waals surface area contributed by atoms with Crippen LogP contribution in [0, 0.1) is 6.92 Å². The number of halogens is 1. The topological polar surface area (TPSA) is 50.3 Å². The van der Waals surface area contributed by atoms with Gasteiger partial charge >= 0.3 is 0 Å². The summed E-state index contributed by atoms with van der Waals surface area (Å²) in [6.45, 7) is 3.47. The molecule has 0 unspecified atom stereocenters. The summed E-state index contributed by atoms with van der Waals surface area (Å²) in [6.07, 6.45) is 1.20. The summed E-state index contributed by atoms with van der Waals surface area (Å²) < 4.78 is 25.8. The number of hydrogen-bond acceptors (Lipinski definition) is 5. The lowest BCUT2D eigenvalue weighted by Gasteiger charge is -2.31. The van der Waals surface area contributed by atoms with Crippen LogP contribution in [0.1, 0.15) is 18.4 Å². The lowest BCUT2D eigenvalue weighted by atomic mass is 10.1. The predicted octanol–water partition coefficient (Wildman–Crippen LogP) is 5.21. The zero-order valence-electron chi connectivity index (χ0n) is 15.5. The maximum absolute atomic E-state index is 12.9. The van der Waals surface area contributed by atoms with Crippen LogP contribution in [-0.2, 0) is 9.84 Å². The van der Waals surface area contributed by atoms with Gasteiger partial charge in [0.05, 0.1) is 15.8 Å². The first-order valence-electron chi connectivity index (χ1n) is 9.21. The molecule has 0 atom stereocenters. The van der Waals surface area contributed by atoms with Gasteiger partial charge in [0, 0.05) is 29.1 Å². The van der Waals surface area contributed by atoms with Crippen LogP contribution in [0.5, 0.6) is 0 Å². The van der Waals surface area contributed by atoms with Crippen molar-refractivity contribution in [2.75, 3.05) is 18.0 Å². The van der Waals surface area contributed by atoms with Crippen molar-refractivity contribution in [2.45, 2.75) is 29.9 Å². The van der Waals surface area contributed by atoms with E-state index in [-0.39, 0.29) is 5.25 Å². The molecule has 28 heavy (non-hydrogen) atoms. The molecule has 4 rings (SSSR count). The lowest BCUT2D eigenvalue weighted by molar-refractivity contribution is 0.529. The molecule has 0 spiro atoms. The van der Waals surface area contributed by atoms with E-state index in [4.69, 9.17) is 16.6 Å². The fourth-order valence-corrected chi connectivity index (χ4v) is 6.30. The number of aromatic nitrogens is 1. The van der Waals surface area contributed by atoms with Crippen LogP contribution in [-0.4, -0.2) is 31.7 Å². The number of piperidine rings is 1. The molecule has 1 fully saturated rings. The summed E-state index contributed by atoms with van der Waals surface area (Å²) in [7, 11) is -3.33. The van der Waals surface area contributed by atoms with Crippen molar-refractivity contribution >= 4 is 37.9 Å². The molecule has 0 radical (unpaired) electrons. The van der Waals surface area contributed by atoms with E-state index in [0.29, 0.717) is 35.8 Å². The second-order valence-corrected chi connectivity index (χ2v) is 10.5. The first-order chi connectivity index (χ1) is 13.4. The molecule has 4 nitrogen and oxygen atoms in total. The second-order valence-electron chi connectivity index (χ2n) is 7.02. The summed E-state index contributed by atoms with van der Waals surface area (Å²) in [6, 6.07) is 14.7. The Kier molecular flexibility index (Phi) is 5.45. The predicted molar refractivity (Wildman–Crippen MR) is 116 cm³/mol. The average Bonchev–Trinajstić information content (AvgIpc) is 3.19. The second kappa shape index (κ2) is 7.85. The number of aryl methyl sites for hydroxylation is 1. The normalized spacial score (nSPS) is 15.7. The average molecular weight is 433 g/mol. The summed E-state index contributed by atoms with van der Waals surface area (Å²) in [5.41, 5.74) is 3.33. The van der Waals surface area contributed by atoms with Gasteiger partial charge in [-0.25, -0.2) is 13.4 Å². The third kappa shape index (κ3) is 3.81. The molecular weight excluding hydrogens is 412 g/mol. The van der Waals surface area contributed by atoms with Gasteiger partial charge in [-0.05, 0) is 49.6 Å². The molecule has 1 aliphatic rings. The minimum atomic E-state index is -3.33. The summed E-state index contributed by atoms with van der Waals surface area (Å²) >= 11 is 7.50. The zero-order valence-corrected chi connectivity index (χ0v) is 17.9. The Morgan fingerprint density at radius 2 is 1.75 bits per heavy atom. The molecule has 2 aromatic carbocycles. The van der Waals surface area contributed by atoms with Gasteiger partial charge in [0.2, 0.25) is 0 Å². The maximum Gasteiger partial charge on any atom is 0.185 e. The van der Waals surface area contributed by atoms with Gasteiger partial charge in [0.25, 0.3) is 0 Å². The third-order valence-corrected chi connectivity index (χ3v) is 8.64. The molecule has 0 aliphatic carbocycles. The third-order valence-electron chi connectivity index (χ3n) is 5.21. The highest BCUT2D eigenvalue weighted by Gasteiger charge is 2.32. The first kappa shape index (κ1) is 19.4. The summed E-state index contributed by atoms with van der Waals surface area (Å²) in [5.74, 6) is 0. The fourth-order valence-electron chi connectivity index (χ4n) is 3.57. The Morgan fingerprint density at radius 3 is 2.43 bits per heavy atom. The minimum Gasteiger partial charge on any atom is -0.348 e. The Morgan fingerprint density at radius 1 is 1.07 bits per heavy atom. The molecule has 3 aromatic rings. The Labute approximate surface area is 174 Å². The molecule has 1 aliphatic heterocycles. The number of hydrogen-bond donors (Lipinski definition) is 0. The van der Waals surface area contributed by atoms with E-state index in [1.165, 1.54) is 5.56 Å². The number of anilines is 1. The van der Waals surface area contributed by atoms with Crippen molar-refractivity contribution in [3.05, 3.63) is 64.5 Å². The van der Waals surface area contributed by atoms with Crippen LogP contribution in [0.25, 0.3) is 11.3 Å². The lowest BCUT2D eigenvalue weighted by Crippen LogP contribution is -2.39. The number of benzene rings is 2. The molecule has 2 heterocycles. The van der Waals surface area contributed by atoms with Gasteiger partial charge in [-0.15, -0.1) is 11.3 Å². The largest absolute Gasteiger partial charge is 0.348 e. The molecule has 0 N–H and O–H groups in total. The van der Waals surface area contributed by atoms with Crippen LogP contribution < -0.4 is 4.90 Å². The van der Waals surface area contributed by atoms with Crippen molar-refractivity contribution in [1.29, 1.82) is 0 Å². The van der Waals surface area contributed by atoms with E-state index >= 15 is 0 Å². The van der Waals surface area contributed by atoms with Gasteiger partial charge in [0.1, 0.15) is 0 Å². The van der Waals surface area contributed by atoms with Crippen LogP contribution in [0.2, 0.25) is 5.02 Å². The standard InChI is InChI=1S/C21H21ClN2O2S2/c1-15-4-2-3-5-19(15)20-14-27-21(23-20)24-12-10-18(11-13-24)28(25,26)17-8-6-16(22)7-9-17/h2-9,14,18H,10-13H2,1H3. The molecule has 0 saturated carbocycles. The SMILES string of the molecule is Cc1ccccc1-c1csc(N2CCC(S(=O)(=O)c3ccc(Cl)cc3)CC2)n1. The van der Waals surface area contributed by atoms with Gasteiger partial charge in [-0.1, -0.05) is 35.9 Å².